The molecule has 13 heteroatoms. The van der Waals surface area contributed by atoms with Gasteiger partial charge in [-0.1, -0.05) is 53.5 Å². The molecule has 0 amide bonds. The fraction of sp³-hybridized carbons (Fsp3) is 0.312. The van der Waals surface area contributed by atoms with Gasteiger partial charge in [0.05, 0.1) is 22.8 Å². The Morgan fingerprint density at radius 2 is 1.64 bits per heavy atom. The lowest BCUT2D eigenvalue weighted by atomic mass is 9.83. The molecule has 240 valence electrons. The number of alkyl halides is 3. The van der Waals surface area contributed by atoms with Crippen LogP contribution < -0.4 is 0 Å². The van der Waals surface area contributed by atoms with Gasteiger partial charge in [-0.15, -0.1) is 11.8 Å². The van der Waals surface area contributed by atoms with Crippen LogP contribution in [0.4, 0.5) is 13.2 Å². The Labute approximate surface area is 272 Å². The quantitative estimate of drug-likeness (QED) is 0.221. The van der Waals surface area contributed by atoms with Gasteiger partial charge in [0.15, 0.2) is 0 Å². The highest BCUT2D eigenvalue weighted by Crippen LogP contribution is 2.43. The summed E-state index contributed by atoms with van der Waals surface area (Å²) < 4.78 is 46.4. The van der Waals surface area contributed by atoms with E-state index in [0.29, 0.717) is 56.3 Å². The topological polar surface area (TPSA) is 107 Å². The molecule has 0 radical (unpaired) electrons. The van der Waals surface area contributed by atoms with Gasteiger partial charge in [0.2, 0.25) is 0 Å². The van der Waals surface area contributed by atoms with E-state index in [4.69, 9.17) is 38.2 Å². The first-order valence-electron chi connectivity index (χ1n) is 13.8. The Morgan fingerprint density at radius 1 is 0.978 bits per heavy atom. The predicted molar refractivity (Wildman–Crippen MR) is 166 cm³/mol. The molecule has 2 heterocycles. The number of halogens is 5. The van der Waals surface area contributed by atoms with Crippen molar-refractivity contribution in [2.45, 2.75) is 41.4 Å². The number of thioether (sulfide) groups is 1. The van der Waals surface area contributed by atoms with Gasteiger partial charge in [-0.3, -0.25) is 0 Å². The zero-order chi connectivity index (χ0) is 32.8. The van der Waals surface area contributed by atoms with Crippen molar-refractivity contribution in [3.05, 3.63) is 111 Å². The van der Waals surface area contributed by atoms with Crippen molar-refractivity contribution in [3.8, 4) is 0 Å². The maximum absolute atomic E-state index is 13.3. The fourth-order valence-corrected chi connectivity index (χ4v) is 6.67. The minimum absolute atomic E-state index is 0.239. The highest BCUT2D eigenvalue weighted by molar-refractivity contribution is 7.98. The number of carboxylic acids is 2. The number of aliphatic hydroxyl groups is 1. The van der Waals surface area contributed by atoms with E-state index in [1.165, 1.54) is 17.7 Å². The molecule has 3 aromatic rings. The van der Waals surface area contributed by atoms with Crippen LogP contribution >= 0.6 is 35.0 Å². The number of piperidine rings is 1. The first kappa shape index (κ1) is 34.8. The number of rotatable bonds is 7. The lowest BCUT2D eigenvalue weighted by molar-refractivity contribution is -0.137. The predicted octanol–water partition coefficient (Wildman–Crippen LogP) is 7.42. The van der Waals surface area contributed by atoms with Crippen LogP contribution in [0.1, 0.15) is 46.8 Å². The molecule has 2 aliphatic rings. The molecular weight excluding hydrogens is 654 g/mol. The lowest BCUT2D eigenvalue weighted by Gasteiger charge is -2.39. The normalized spacial score (nSPS) is 17.9. The van der Waals surface area contributed by atoms with Crippen molar-refractivity contribution < 1.29 is 42.8 Å². The molecule has 0 spiro atoms. The van der Waals surface area contributed by atoms with Gasteiger partial charge in [0.25, 0.3) is 0 Å². The molecule has 5 rings (SSSR count). The number of carboxylic acid groups (broad SMARTS) is 2. The smallest absolute Gasteiger partial charge is 0.417 e. The second-order valence-corrected chi connectivity index (χ2v) is 12.4. The Hall–Kier alpha value is -3.06. The highest BCUT2D eigenvalue weighted by Gasteiger charge is 2.38. The van der Waals surface area contributed by atoms with Gasteiger partial charge < -0.3 is 25.0 Å². The number of hydrogen-bond acceptors (Lipinski definition) is 6. The van der Waals surface area contributed by atoms with Gasteiger partial charge in [-0.2, -0.15) is 13.2 Å². The molecule has 1 unspecified atom stereocenters. The van der Waals surface area contributed by atoms with Crippen LogP contribution in [-0.4, -0.2) is 58.4 Å². The first-order chi connectivity index (χ1) is 21.3. The molecule has 3 aromatic carbocycles. The van der Waals surface area contributed by atoms with Crippen molar-refractivity contribution in [1.29, 1.82) is 0 Å². The van der Waals surface area contributed by atoms with E-state index in [0.717, 1.165) is 27.8 Å². The molecule has 0 aromatic heterocycles. The van der Waals surface area contributed by atoms with Crippen molar-refractivity contribution in [1.82, 2.24) is 4.90 Å². The third-order valence-corrected chi connectivity index (χ3v) is 9.23. The summed E-state index contributed by atoms with van der Waals surface area (Å²) in [7, 11) is 0. The van der Waals surface area contributed by atoms with Gasteiger partial charge in [0, 0.05) is 53.0 Å². The molecule has 45 heavy (non-hydrogen) atoms. The van der Waals surface area contributed by atoms with E-state index >= 15 is 0 Å². The van der Waals surface area contributed by atoms with Crippen LogP contribution in [0.2, 0.25) is 10.0 Å². The molecule has 1 atom stereocenters. The summed E-state index contributed by atoms with van der Waals surface area (Å²) in [4.78, 5) is 22.4. The number of nitrogens with zero attached hydrogens (tertiary/aromatic N) is 1. The molecule has 0 saturated carbocycles. The van der Waals surface area contributed by atoms with Crippen molar-refractivity contribution in [2.75, 3.05) is 26.2 Å². The zero-order valence-corrected chi connectivity index (χ0v) is 26.1. The van der Waals surface area contributed by atoms with Gasteiger partial charge in [0.1, 0.15) is 6.10 Å². The first-order valence-corrected chi connectivity index (χ1v) is 15.6. The molecule has 2 aliphatic heterocycles. The molecule has 7 nitrogen and oxygen atoms in total. The highest BCUT2D eigenvalue weighted by atomic mass is 35.5. The van der Waals surface area contributed by atoms with E-state index in [1.807, 2.05) is 30.3 Å². The summed E-state index contributed by atoms with van der Waals surface area (Å²) >= 11 is 13.9. The minimum atomic E-state index is -4.57. The van der Waals surface area contributed by atoms with Gasteiger partial charge in [-0.05, 0) is 59.9 Å². The lowest BCUT2D eigenvalue weighted by Crippen LogP contribution is -2.43. The summed E-state index contributed by atoms with van der Waals surface area (Å²) in [5.41, 5.74) is 1.43. The number of ether oxygens (including phenoxy) is 1. The third kappa shape index (κ3) is 9.25. The van der Waals surface area contributed by atoms with E-state index in [1.54, 1.807) is 11.8 Å². The maximum Gasteiger partial charge on any atom is 0.417 e. The van der Waals surface area contributed by atoms with Crippen LogP contribution in [0.3, 0.4) is 0 Å². The van der Waals surface area contributed by atoms with Crippen LogP contribution in [-0.2, 0) is 31.9 Å². The van der Waals surface area contributed by atoms with Crippen LogP contribution in [0, 0.1) is 0 Å². The summed E-state index contributed by atoms with van der Waals surface area (Å²) in [5.74, 6) is -1.66. The summed E-state index contributed by atoms with van der Waals surface area (Å²) in [5, 5.41) is 27.1. The van der Waals surface area contributed by atoms with Crippen molar-refractivity contribution >= 4 is 46.9 Å². The Bertz CT molecular complexity index is 1540. The molecular formula is C32H30Cl2F3NO6S. The zero-order valence-electron chi connectivity index (χ0n) is 23.8. The largest absolute Gasteiger partial charge is 0.478 e. The number of hydrogen-bond donors (Lipinski definition) is 3. The van der Waals surface area contributed by atoms with Crippen LogP contribution in [0.15, 0.2) is 77.7 Å². The number of benzene rings is 3. The Morgan fingerprint density at radius 3 is 2.29 bits per heavy atom. The monoisotopic (exact) mass is 683 g/mol. The van der Waals surface area contributed by atoms with Crippen molar-refractivity contribution in [2.24, 2.45) is 0 Å². The van der Waals surface area contributed by atoms with Crippen LogP contribution in [0.5, 0.6) is 0 Å². The number of fused-ring (bicyclic) bond motifs is 2. The van der Waals surface area contributed by atoms with Gasteiger partial charge >= 0.3 is 18.1 Å². The second-order valence-electron chi connectivity index (χ2n) is 10.5. The standard InChI is InChI=1S/C28H26Cl2F3NO2S.C4H4O4/c29-20-6-8-25-22(16-20)26(21-4-2-1-3-18(21)17-37-25)36-14-13-34-11-9-27(35,10-12-34)19-5-7-24(30)23(15-19)28(31,32)33;5-3(6)1-2-4(7)8/h1-8,15-16,26,35H,9-14,17H2;1-2H,(H,5,6)(H,7,8). The number of likely N-dealkylation sites (tertiary alicyclic amines) is 1. The Balaban J connectivity index is 0.000000510. The SMILES string of the molecule is O=C(O)C=CC(=O)O.OC1(c2ccc(Cl)c(C(F)(F)F)c2)CCN(CCOC2c3ccccc3CSc3ccc(Cl)cc32)CC1. The minimum Gasteiger partial charge on any atom is -0.478 e. The number of carbonyl (C=O) groups is 2. The average Bonchev–Trinajstić information content (AvgIpc) is 3.13. The molecule has 0 aliphatic carbocycles. The molecule has 0 bridgehead atoms. The van der Waals surface area contributed by atoms with Crippen LogP contribution in [0.25, 0.3) is 0 Å². The van der Waals surface area contributed by atoms with Gasteiger partial charge in [-0.25, -0.2) is 9.59 Å². The molecule has 1 saturated heterocycles. The van der Waals surface area contributed by atoms with E-state index in [-0.39, 0.29) is 16.7 Å². The molecule has 3 N–H and O–H groups in total. The van der Waals surface area contributed by atoms with Crippen molar-refractivity contribution in [3.63, 3.8) is 0 Å². The summed E-state index contributed by atoms with van der Waals surface area (Å²) in [6.45, 7) is 2.20. The van der Waals surface area contributed by atoms with E-state index in [9.17, 15) is 27.9 Å². The Kier molecular flexibility index (Phi) is 11.6. The summed E-state index contributed by atoms with van der Waals surface area (Å²) in [6.07, 6.45) is -3.04. The van der Waals surface area contributed by atoms with E-state index < -0.39 is 29.3 Å². The number of aliphatic carboxylic acids is 2. The summed E-state index contributed by atoms with van der Waals surface area (Å²) in [6, 6.07) is 17.9. The second kappa shape index (κ2) is 15.0. The fourth-order valence-electron chi connectivity index (χ4n) is 5.19. The maximum atomic E-state index is 13.3. The molecule has 1 fully saturated rings. The average molecular weight is 685 g/mol. The van der Waals surface area contributed by atoms with E-state index in [2.05, 4.69) is 17.0 Å². The third-order valence-electron chi connectivity index (χ3n) is 7.53.